The number of carbonyl (C=O) groups is 2. The Labute approximate surface area is 237 Å². The number of hydrogen-bond acceptors (Lipinski definition) is 4. The van der Waals surface area contributed by atoms with E-state index in [1.165, 1.54) is 9.21 Å². The molecule has 10 heteroatoms. The Kier molecular flexibility index (Phi) is 11.9. The van der Waals surface area contributed by atoms with Crippen LogP contribution in [0.25, 0.3) is 0 Å². The van der Waals surface area contributed by atoms with Crippen molar-refractivity contribution in [3.8, 4) is 0 Å². The Hall–Kier alpha value is -2.29. The van der Waals surface area contributed by atoms with E-state index in [4.69, 9.17) is 23.2 Å². The Morgan fingerprint density at radius 1 is 1.00 bits per heavy atom. The summed E-state index contributed by atoms with van der Waals surface area (Å²) in [7, 11) is -3.58. The highest BCUT2D eigenvalue weighted by Gasteiger charge is 2.30. The van der Waals surface area contributed by atoms with Crippen molar-refractivity contribution < 1.29 is 18.0 Å². The molecule has 38 heavy (non-hydrogen) atoms. The van der Waals surface area contributed by atoms with Gasteiger partial charge in [-0.25, -0.2) is 8.42 Å². The first kappa shape index (κ1) is 31.9. The number of rotatable bonds is 13. The lowest BCUT2D eigenvalue weighted by atomic mass is 10.1. The Balaban J connectivity index is 2.32. The van der Waals surface area contributed by atoms with Crippen LogP contribution < -0.4 is 9.62 Å². The number of nitrogens with one attached hydrogen (secondary N) is 1. The van der Waals surface area contributed by atoms with Crippen molar-refractivity contribution in [2.75, 3.05) is 17.1 Å². The summed E-state index contributed by atoms with van der Waals surface area (Å²) in [5.74, 6) is -0.520. The molecule has 2 rings (SSSR count). The van der Waals surface area contributed by atoms with E-state index in [-0.39, 0.29) is 43.8 Å². The van der Waals surface area contributed by atoms with Gasteiger partial charge in [0.15, 0.2) is 0 Å². The molecule has 2 unspecified atom stereocenters. The van der Waals surface area contributed by atoms with E-state index in [1.54, 1.807) is 24.3 Å². The van der Waals surface area contributed by atoms with Gasteiger partial charge in [-0.05, 0) is 69.4 Å². The number of carbonyl (C=O) groups excluding carboxylic acids is 2. The van der Waals surface area contributed by atoms with Crippen molar-refractivity contribution in [2.45, 2.75) is 78.9 Å². The Morgan fingerprint density at radius 3 is 2.16 bits per heavy atom. The molecule has 0 aromatic heterocycles. The lowest BCUT2D eigenvalue weighted by Gasteiger charge is -2.32. The first-order valence-electron chi connectivity index (χ1n) is 12.9. The quantitative estimate of drug-likeness (QED) is 0.319. The van der Waals surface area contributed by atoms with Crippen LogP contribution in [-0.4, -0.2) is 50.0 Å². The molecule has 0 bridgehead atoms. The zero-order valence-electron chi connectivity index (χ0n) is 23.1. The maximum atomic E-state index is 13.6. The predicted molar refractivity (Wildman–Crippen MR) is 156 cm³/mol. The normalized spacial score (nSPS) is 13.1. The summed E-state index contributed by atoms with van der Waals surface area (Å²) in [6.07, 6.45) is 2.64. The molecule has 1 N–H and O–H groups in total. The van der Waals surface area contributed by atoms with E-state index in [9.17, 15) is 18.0 Å². The standard InChI is InChI=1S/C28H39Cl2N3O4S/c1-7-20(4)31-28(35)25(8-2)32(18-22-23(29)13-10-14-24(22)30)27(34)16-11-17-33(38(6,36)37)26-15-9-12-19(3)21(26)5/h9-10,12-15,20,25H,7-8,11,16-18H2,1-6H3,(H,31,35). The molecule has 0 aliphatic carbocycles. The summed E-state index contributed by atoms with van der Waals surface area (Å²) < 4.78 is 26.6. The van der Waals surface area contributed by atoms with Gasteiger partial charge in [-0.1, -0.05) is 55.2 Å². The van der Waals surface area contributed by atoms with Crippen LogP contribution in [-0.2, 0) is 26.2 Å². The topological polar surface area (TPSA) is 86.8 Å². The molecule has 0 spiro atoms. The minimum absolute atomic E-state index is 0.0432. The summed E-state index contributed by atoms with van der Waals surface area (Å²) in [5.41, 5.74) is 3.01. The summed E-state index contributed by atoms with van der Waals surface area (Å²) in [4.78, 5) is 28.3. The largest absolute Gasteiger partial charge is 0.352 e. The molecule has 2 atom stereocenters. The summed E-state index contributed by atoms with van der Waals surface area (Å²) in [6.45, 7) is 9.74. The highest BCUT2D eigenvalue weighted by atomic mass is 35.5. The average Bonchev–Trinajstić information content (AvgIpc) is 2.84. The van der Waals surface area contributed by atoms with Crippen LogP contribution >= 0.6 is 23.2 Å². The predicted octanol–water partition coefficient (Wildman–Crippen LogP) is 5.88. The summed E-state index contributed by atoms with van der Waals surface area (Å²) in [6, 6.07) is 9.85. The SMILES string of the molecule is CCC(C)NC(=O)C(CC)N(Cc1c(Cl)cccc1Cl)C(=O)CCCN(c1cccc(C)c1C)S(C)(=O)=O. The maximum Gasteiger partial charge on any atom is 0.243 e. The third kappa shape index (κ3) is 8.35. The number of aryl methyl sites for hydroxylation is 1. The molecule has 2 aromatic carbocycles. The van der Waals surface area contributed by atoms with Crippen LogP contribution in [0.3, 0.4) is 0 Å². The molecule has 210 valence electrons. The van der Waals surface area contributed by atoms with Gasteiger partial charge in [0.05, 0.1) is 11.9 Å². The van der Waals surface area contributed by atoms with Gasteiger partial charge < -0.3 is 10.2 Å². The van der Waals surface area contributed by atoms with Crippen molar-refractivity contribution in [3.63, 3.8) is 0 Å². The number of sulfonamides is 1. The van der Waals surface area contributed by atoms with Gasteiger partial charge in [-0.3, -0.25) is 13.9 Å². The van der Waals surface area contributed by atoms with Gasteiger partial charge in [0.2, 0.25) is 21.8 Å². The molecule has 2 amide bonds. The first-order valence-corrected chi connectivity index (χ1v) is 15.5. The van der Waals surface area contributed by atoms with Gasteiger partial charge >= 0.3 is 0 Å². The van der Waals surface area contributed by atoms with E-state index in [0.717, 1.165) is 23.8 Å². The van der Waals surface area contributed by atoms with Crippen LogP contribution in [0.4, 0.5) is 5.69 Å². The van der Waals surface area contributed by atoms with Crippen LogP contribution in [0.15, 0.2) is 36.4 Å². The third-order valence-corrected chi connectivity index (χ3v) is 8.66. The molecule has 0 aliphatic heterocycles. The van der Waals surface area contributed by atoms with E-state index in [1.807, 2.05) is 46.8 Å². The van der Waals surface area contributed by atoms with E-state index in [0.29, 0.717) is 27.7 Å². The molecule has 0 saturated heterocycles. The van der Waals surface area contributed by atoms with Crippen LogP contribution in [0.2, 0.25) is 10.0 Å². The van der Waals surface area contributed by atoms with Gasteiger partial charge in [-0.15, -0.1) is 0 Å². The molecule has 2 aromatic rings. The fourth-order valence-electron chi connectivity index (χ4n) is 4.20. The maximum absolute atomic E-state index is 13.6. The number of hydrogen-bond donors (Lipinski definition) is 1. The number of nitrogens with zero attached hydrogens (tertiary/aromatic N) is 2. The van der Waals surface area contributed by atoms with Gasteiger partial charge in [-0.2, -0.15) is 0 Å². The molecule has 0 aliphatic rings. The third-order valence-electron chi connectivity index (χ3n) is 6.77. The van der Waals surface area contributed by atoms with E-state index < -0.39 is 16.1 Å². The van der Waals surface area contributed by atoms with E-state index >= 15 is 0 Å². The second-order valence-electron chi connectivity index (χ2n) is 9.62. The number of benzene rings is 2. The smallest absolute Gasteiger partial charge is 0.243 e. The monoisotopic (exact) mass is 583 g/mol. The van der Waals surface area contributed by atoms with Crippen LogP contribution in [0.1, 0.15) is 63.1 Å². The number of anilines is 1. The molecule has 0 saturated carbocycles. The fraction of sp³-hybridized carbons (Fsp3) is 0.500. The van der Waals surface area contributed by atoms with Crippen molar-refractivity contribution >= 4 is 50.7 Å². The Morgan fingerprint density at radius 2 is 1.61 bits per heavy atom. The minimum Gasteiger partial charge on any atom is -0.352 e. The average molecular weight is 585 g/mol. The van der Waals surface area contributed by atoms with Crippen LogP contribution in [0.5, 0.6) is 0 Å². The second kappa shape index (κ2) is 14.2. The second-order valence-corrected chi connectivity index (χ2v) is 12.3. The number of amides is 2. The van der Waals surface area contributed by atoms with Crippen molar-refractivity contribution in [3.05, 3.63) is 63.1 Å². The van der Waals surface area contributed by atoms with Crippen molar-refractivity contribution in [2.24, 2.45) is 0 Å². The van der Waals surface area contributed by atoms with Crippen molar-refractivity contribution in [1.29, 1.82) is 0 Å². The molecule has 7 nitrogen and oxygen atoms in total. The zero-order valence-corrected chi connectivity index (χ0v) is 25.4. The van der Waals surface area contributed by atoms with Crippen LogP contribution in [0, 0.1) is 13.8 Å². The Bertz CT molecular complexity index is 1220. The highest BCUT2D eigenvalue weighted by molar-refractivity contribution is 7.92. The molecule has 0 fully saturated rings. The molecular weight excluding hydrogens is 545 g/mol. The summed E-state index contributed by atoms with van der Waals surface area (Å²) in [5, 5.41) is 3.79. The van der Waals surface area contributed by atoms with Gasteiger partial charge in [0.25, 0.3) is 0 Å². The molecule has 0 heterocycles. The van der Waals surface area contributed by atoms with Crippen molar-refractivity contribution in [1.82, 2.24) is 10.2 Å². The highest BCUT2D eigenvalue weighted by Crippen LogP contribution is 2.28. The van der Waals surface area contributed by atoms with Gasteiger partial charge in [0, 0.05) is 41.2 Å². The van der Waals surface area contributed by atoms with E-state index in [2.05, 4.69) is 5.32 Å². The molecule has 0 radical (unpaired) electrons. The minimum atomic E-state index is -3.58. The number of halogens is 2. The lowest BCUT2D eigenvalue weighted by Crippen LogP contribution is -2.50. The fourth-order valence-corrected chi connectivity index (χ4v) is 5.74. The summed E-state index contributed by atoms with van der Waals surface area (Å²) >= 11 is 12.8. The van der Waals surface area contributed by atoms with Gasteiger partial charge in [0.1, 0.15) is 6.04 Å². The lowest BCUT2D eigenvalue weighted by molar-refractivity contribution is -0.141. The zero-order chi connectivity index (χ0) is 28.6. The first-order chi connectivity index (χ1) is 17.8. The molecular formula is C28H39Cl2N3O4S.